The van der Waals surface area contributed by atoms with Gasteiger partial charge in [0.15, 0.2) is 5.78 Å². The summed E-state index contributed by atoms with van der Waals surface area (Å²) in [5.41, 5.74) is 2.07. The monoisotopic (exact) mass is 384 g/mol. The van der Waals surface area contributed by atoms with Crippen molar-refractivity contribution in [3.05, 3.63) is 52.3 Å². The Labute approximate surface area is 153 Å². The molecule has 3 N–H and O–H groups in total. The number of nitrogens with one attached hydrogen (secondary N) is 2. The zero-order valence-corrected chi connectivity index (χ0v) is 14.9. The van der Waals surface area contributed by atoms with Gasteiger partial charge < -0.3 is 20.1 Å². The first-order valence-corrected chi connectivity index (χ1v) is 8.01. The average molecular weight is 384 g/mol. The Morgan fingerprint density at radius 3 is 2.30 bits per heavy atom. The average Bonchev–Trinajstić information content (AvgIpc) is 2.86. The van der Waals surface area contributed by atoms with Gasteiger partial charge >= 0.3 is 6.36 Å². The van der Waals surface area contributed by atoms with Crippen LogP contribution in [0.3, 0.4) is 0 Å². The van der Waals surface area contributed by atoms with Crippen LogP contribution in [0, 0.1) is 13.8 Å². The molecule has 0 saturated carbocycles. The van der Waals surface area contributed by atoms with Crippen molar-refractivity contribution in [2.45, 2.75) is 33.2 Å². The highest BCUT2D eigenvalue weighted by atomic mass is 19.4. The molecule has 9 heteroatoms. The van der Waals surface area contributed by atoms with E-state index in [2.05, 4.69) is 15.0 Å². The number of aromatic nitrogens is 1. The zero-order valence-electron chi connectivity index (χ0n) is 14.9. The molecule has 0 aliphatic carbocycles. The Morgan fingerprint density at radius 1 is 1.22 bits per heavy atom. The molecule has 1 heterocycles. The largest absolute Gasteiger partial charge is 0.573 e. The molecule has 6 nitrogen and oxygen atoms in total. The highest BCUT2D eigenvalue weighted by Crippen LogP contribution is 2.24. The Hall–Kier alpha value is -2.81. The maximum Gasteiger partial charge on any atom is 0.573 e. The first-order chi connectivity index (χ1) is 12.5. The topological polar surface area (TPSA) is 91.4 Å². The molecule has 1 atom stereocenters. The third-order valence-corrected chi connectivity index (χ3v) is 3.97. The molecular formula is C18H19F3N2O4. The summed E-state index contributed by atoms with van der Waals surface area (Å²) in [4.78, 5) is 26.8. The molecule has 1 aromatic carbocycles. The molecule has 0 aliphatic heterocycles. The van der Waals surface area contributed by atoms with Crippen molar-refractivity contribution in [2.75, 3.05) is 6.54 Å². The molecule has 0 aliphatic rings. The summed E-state index contributed by atoms with van der Waals surface area (Å²) in [5.74, 6) is -1.07. The summed E-state index contributed by atoms with van der Waals surface area (Å²) in [5, 5.41) is 12.6. The third-order valence-electron chi connectivity index (χ3n) is 3.97. The van der Waals surface area contributed by atoms with Crippen molar-refractivity contribution in [2.24, 2.45) is 0 Å². The van der Waals surface area contributed by atoms with Crippen LogP contribution in [0.4, 0.5) is 13.2 Å². The summed E-state index contributed by atoms with van der Waals surface area (Å²) in [6.45, 7) is 4.57. The standard InChI is InChI=1S/C18H19F3N2O4/c1-9-15(11(3)24)10(2)23-16(9)17(26)22-8-14(25)12-4-6-13(7-5-12)27-18(19,20)21/h4-7,14,23,25H,8H2,1-3H3,(H,22,26). The lowest BCUT2D eigenvalue weighted by Crippen LogP contribution is -2.29. The Balaban J connectivity index is 2.01. The highest BCUT2D eigenvalue weighted by Gasteiger charge is 2.31. The van der Waals surface area contributed by atoms with Crippen molar-refractivity contribution < 1.29 is 32.6 Å². The van der Waals surface area contributed by atoms with Crippen LogP contribution < -0.4 is 10.1 Å². The number of ketones is 1. The second-order valence-electron chi connectivity index (χ2n) is 6.02. The second-order valence-corrected chi connectivity index (χ2v) is 6.02. The molecular weight excluding hydrogens is 365 g/mol. The highest BCUT2D eigenvalue weighted by molar-refractivity contribution is 6.02. The van der Waals surface area contributed by atoms with Crippen molar-refractivity contribution in [3.63, 3.8) is 0 Å². The maximum absolute atomic E-state index is 12.3. The molecule has 0 bridgehead atoms. The number of benzene rings is 1. The Morgan fingerprint density at radius 2 is 1.81 bits per heavy atom. The summed E-state index contributed by atoms with van der Waals surface area (Å²) >= 11 is 0. The van der Waals surface area contributed by atoms with Crippen molar-refractivity contribution in [3.8, 4) is 5.75 Å². The number of Topliss-reactive ketones (excluding diaryl/α,β-unsaturated/α-hetero) is 1. The number of aliphatic hydroxyl groups excluding tert-OH is 1. The van der Waals surface area contributed by atoms with Crippen LogP contribution in [0.5, 0.6) is 5.75 Å². The molecule has 1 amide bonds. The van der Waals surface area contributed by atoms with Crippen LogP contribution in [0.15, 0.2) is 24.3 Å². The number of hydrogen-bond donors (Lipinski definition) is 3. The fourth-order valence-electron chi connectivity index (χ4n) is 2.79. The minimum absolute atomic E-state index is 0.161. The number of aryl methyl sites for hydroxylation is 1. The normalized spacial score (nSPS) is 12.6. The number of aromatic amines is 1. The lowest BCUT2D eigenvalue weighted by molar-refractivity contribution is -0.274. The molecule has 2 rings (SSSR count). The van der Waals surface area contributed by atoms with Gasteiger partial charge in [-0.2, -0.15) is 0 Å². The first-order valence-electron chi connectivity index (χ1n) is 8.01. The molecule has 0 fully saturated rings. The number of ether oxygens (including phenoxy) is 1. The number of rotatable bonds is 6. The maximum atomic E-state index is 12.3. The first kappa shape index (κ1) is 20.5. The number of aliphatic hydroxyl groups is 1. The number of carbonyl (C=O) groups excluding carboxylic acids is 2. The molecule has 0 saturated heterocycles. The molecule has 0 radical (unpaired) electrons. The Kier molecular flexibility index (Phi) is 5.94. The van der Waals surface area contributed by atoms with E-state index in [4.69, 9.17) is 0 Å². The fraction of sp³-hybridized carbons (Fsp3) is 0.333. The number of carbonyl (C=O) groups is 2. The van der Waals surface area contributed by atoms with E-state index >= 15 is 0 Å². The number of amides is 1. The number of H-pyrrole nitrogens is 1. The lowest BCUT2D eigenvalue weighted by Gasteiger charge is -2.14. The Bertz CT molecular complexity index is 842. The van der Waals surface area contributed by atoms with Crippen LogP contribution in [-0.4, -0.2) is 34.7 Å². The van der Waals surface area contributed by atoms with Gasteiger partial charge in [0.25, 0.3) is 5.91 Å². The predicted molar refractivity (Wildman–Crippen MR) is 90.7 cm³/mol. The van der Waals surface area contributed by atoms with Gasteiger partial charge in [0.05, 0.1) is 6.10 Å². The van der Waals surface area contributed by atoms with E-state index in [1.807, 2.05) is 0 Å². The summed E-state index contributed by atoms with van der Waals surface area (Å²) in [6, 6.07) is 4.70. The summed E-state index contributed by atoms with van der Waals surface area (Å²) < 4.78 is 40.2. The van der Waals surface area contributed by atoms with E-state index < -0.39 is 24.1 Å². The SMILES string of the molecule is CC(=O)c1c(C)[nH]c(C(=O)NCC(O)c2ccc(OC(F)(F)F)cc2)c1C. The van der Waals surface area contributed by atoms with Gasteiger partial charge in [0, 0.05) is 17.8 Å². The minimum atomic E-state index is -4.79. The van der Waals surface area contributed by atoms with Gasteiger partial charge in [-0.25, -0.2) is 0 Å². The third kappa shape index (κ3) is 5.10. The van der Waals surface area contributed by atoms with E-state index in [1.165, 1.54) is 19.1 Å². The molecule has 1 aromatic heterocycles. The van der Waals surface area contributed by atoms with E-state index in [0.29, 0.717) is 22.4 Å². The lowest BCUT2D eigenvalue weighted by atomic mass is 10.1. The number of halogens is 3. The van der Waals surface area contributed by atoms with Gasteiger partial charge in [-0.3, -0.25) is 9.59 Å². The molecule has 1 unspecified atom stereocenters. The van der Waals surface area contributed by atoms with Gasteiger partial charge in [-0.05, 0) is 44.0 Å². The van der Waals surface area contributed by atoms with Crippen LogP contribution in [0.2, 0.25) is 0 Å². The molecule has 0 spiro atoms. The van der Waals surface area contributed by atoms with Crippen LogP contribution in [0.1, 0.15) is 50.7 Å². The van der Waals surface area contributed by atoms with E-state index in [9.17, 15) is 27.9 Å². The van der Waals surface area contributed by atoms with Gasteiger partial charge in [0.1, 0.15) is 11.4 Å². The number of hydrogen-bond acceptors (Lipinski definition) is 4. The van der Waals surface area contributed by atoms with E-state index in [1.54, 1.807) is 13.8 Å². The number of alkyl halides is 3. The smallest absolute Gasteiger partial charge is 0.406 e. The van der Waals surface area contributed by atoms with E-state index in [-0.39, 0.29) is 18.0 Å². The van der Waals surface area contributed by atoms with Crippen molar-refractivity contribution in [1.82, 2.24) is 10.3 Å². The summed E-state index contributed by atoms with van der Waals surface area (Å²) in [7, 11) is 0. The van der Waals surface area contributed by atoms with E-state index in [0.717, 1.165) is 12.1 Å². The molecule has 146 valence electrons. The van der Waals surface area contributed by atoms with Gasteiger partial charge in [0.2, 0.25) is 0 Å². The van der Waals surface area contributed by atoms with Crippen LogP contribution in [-0.2, 0) is 0 Å². The quantitative estimate of drug-likeness (QED) is 0.667. The van der Waals surface area contributed by atoms with Crippen molar-refractivity contribution in [1.29, 1.82) is 0 Å². The summed E-state index contributed by atoms with van der Waals surface area (Å²) in [6.07, 6.45) is -5.92. The molecule has 27 heavy (non-hydrogen) atoms. The second kappa shape index (κ2) is 7.83. The van der Waals surface area contributed by atoms with Gasteiger partial charge in [-0.1, -0.05) is 12.1 Å². The van der Waals surface area contributed by atoms with Crippen LogP contribution in [0.25, 0.3) is 0 Å². The van der Waals surface area contributed by atoms with Crippen LogP contribution >= 0.6 is 0 Å². The molecule has 2 aromatic rings. The zero-order chi connectivity index (χ0) is 20.4. The minimum Gasteiger partial charge on any atom is -0.406 e. The van der Waals surface area contributed by atoms with Crippen molar-refractivity contribution >= 4 is 11.7 Å². The predicted octanol–water partition coefficient (Wildman–Crippen LogP) is 3.20. The fourth-order valence-corrected chi connectivity index (χ4v) is 2.79. The van der Waals surface area contributed by atoms with Gasteiger partial charge in [-0.15, -0.1) is 13.2 Å².